The lowest BCUT2D eigenvalue weighted by atomic mass is 9.76. The van der Waals surface area contributed by atoms with Crippen LogP contribution in [-0.2, 0) is 23.7 Å². The molecule has 8 aromatic carbocycles. The van der Waals surface area contributed by atoms with Gasteiger partial charge in [0.25, 0.3) is 0 Å². The van der Waals surface area contributed by atoms with Crippen LogP contribution in [0.15, 0.2) is 194 Å². The topological polar surface area (TPSA) is 6.48 Å². The first-order valence-electron chi connectivity index (χ1n) is 20.9. The molecule has 1 spiro atoms. The van der Waals surface area contributed by atoms with Crippen LogP contribution in [0.4, 0.5) is 34.1 Å². The average molecular weight is 747 g/mol. The molecule has 58 heavy (non-hydrogen) atoms. The summed E-state index contributed by atoms with van der Waals surface area (Å²) in [5.74, 6) is 0. The van der Waals surface area contributed by atoms with Crippen LogP contribution in [0, 0.1) is 0 Å². The maximum absolute atomic E-state index is 2.55. The highest BCUT2D eigenvalue weighted by atomic mass is 15.1. The smallest absolute Gasteiger partial charge is 0.0465 e. The van der Waals surface area contributed by atoms with E-state index in [1.54, 1.807) is 0 Å². The molecule has 0 heterocycles. The van der Waals surface area contributed by atoms with Crippen LogP contribution in [-0.4, -0.2) is 0 Å². The summed E-state index contributed by atoms with van der Waals surface area (Å²) in [6.45, 7) is 4.79. The minimum Gasteiger partial charge on any atom is -0.310 e. The molecule has 3 aliphatic rings. The second-order valence-corrected chi connectivity index (χ2v) is 16.9. The van der Waals surface area contributed by atoms with Gasteiger partial charge in [0.1, 0.15) is 0 Å². The monoisotopic (exact) mass is 746 g/mol. The number of para-hydroxylation sites is 3. The molecule has 0 aliphatic heterocycles. The Balaban J connectivity index is 1.03. The van der Waals surface area contributed by atoms with Gasteiger partial charge in [0.05, 0.1) is 0 Å². The van der Waals surface area contributed by atoms with Gasteiger partial charge in [-0.15, -0.1) is 0 Å². The van der Waals surface area contributed by atoms with Crippen molar-refractivity contribution in [2.45, 2.75) is 50.4 Å². The molecule has 11 rings (SSSR count). The molecule has 0 bridgehead atoms. The largest absolute Gasteiger partial charge is 0.310 e. The van der Waals surface area contributed by atoms with Crippen LogP contribution < -0.4 is 9.80 Å². The van der Waals surface area contributed by atoms with Gasteiger partial charge in [0.15, 0.2) is 0 Å². The summed E-state index contributed by atoms with van der Waals surface area (Å²) in [6, 6.07) is 72.1. The van der Waals surface area contributed by atoms with Crippen molar-refractivity contribution in [3.63, 3.8) is 0 Å². The molecule has 0 fully saturated rings. The molecule has 8 aromatic rings. The minimum atomic E-state index is -0.144. The predicted octanol–water partition coefficient (Wildman–Crippen LogP) is 14.8. The second-order valence-electron chi connectivity index (χ2n) is 16.9. The van der Waals surface area contributed by atoms with Gasteiger partial charge in [0, 0.05) is 45.0 Å². The molecule has 0 unspecified atom stereocenters. The fourth-order valence-corrected chi connectivity index (χ4v) is 10.6. The van der Waals surface area contributed by atoms with Gasteiger partial charge in [-0.2, -0.15) is 0 Å². The highest BCUT2D eigenvalue weighted by molar-refractivity contribution is 5.94. The Bertz CT molecular complexity index is 2760. The first-order valence-corrected chi connectivity index (χ1v) is 20.9. The normalized spacial score (nSPS) is 16.7. The van der Waals surface area contributed by atoms with E-state index in [4.69, 9.17) is 0 Å². The minimum absolute atomic E-state index is 0.0203. The van der Waals surface area contributed by atoms with E-state index in [1.165, 1.54) is 89.8 Å². The van der Waals surface area contributed by atoms with E-state index in [9.17, 15) is 0 Å². The van der Waals surface area contributed by atoms with E-state index in [-0.39, 0.29) is 10.8 Å². The van der Waals surface area contributed by atoms with Crippen LogP contribution in [0.1, 0.15) is 60.1 Å². The summed E-state index contributed by atoms with van der Waals surface area (Å²) < 4.78 is 0. The Labute approximate surface area is 342 Å². The van der Waals surface area contributed by atoms with E-state index in [0.29, 0.717) is 0 Å². The van der Waals surface area contributed by atoms with Crippen LogP contribution >= 0.6 is 0 Å². The molecular weight excluding hydrogens is 701 g/mol. The van der Waals surface area contributed by atoms with Gasteiger partial charge in [-0.25, -0.2) is 0 Å². The van der Waals surface area contributed by atoms with E-state index in [1.807, 2.05) is 0 Å². The number of aryl methyl sites for hydroxylation is 2. The quantitative estimate of drug-likeness (QED) is 0.160. The molecular formula is C56H46N2. The summed E-state index contributed by atoms with van der Waals surface area (Å²) in [7, 11) is 0. The highest BCUT2D eigenvalue weighted by Gasteiger charge is 2.45. The summed E-state index contributed by atoms with van der Waals surface area (Å²) in [6.07, 6.45) is 4.48. The van der Waals surface area contributed by atoms with Gasteiger partial charge in [-0.3, -0.25) is 0 Å². The van der Waals surface area contributed by atoms with Crippen molar-refractivity contribution >= 4 is 34.1 Å². The van der Waals surface area contributed by atoms with E-state index in [0.717, 1.165) is 25.7 Å². The second kappa shape index (κ2) is 13.5. The number of nitrogens with zero attached hydrogens (tertiary/aromatic N) is 2. The Morgan fingerprint density at radius 2 is 0.810 bits per heavy atom. The number of hydrogen-bond donors (Lipinski definition) is 0. The molecule has 2 heteroatoms. The molecule has 0 saturated heterocycles. The Morgan fingerprint density at radius 1 is 0.362 bits per heavy atom. The van der Waals surface area contributed by atoms with Crippen molar-refractivity contribution in [1.29, 1.82) is 0 Å². The Kier molecular flexibility index (Phi) is 8.05. The van der Waals surface area contributed by atoms with Crippen molar-refractivity contribution in [1.82, 2.24) is 0 Å². The lowest BCUT2D eigenvalue weighted by molar-refractivity contribution is 0.507. The molecule has 0 N–H and O–H groups in total. The van der Waals surface area contributed by atoms with Crippen LogP contribution in [0.5, 0.6) is 0 Å². The third-order valence-corrected chi connectivity index (χ3v) is 13.4. The molecule has 0 aromatic heterocycles. The Morgan fingerprint density at radius 3 is 1.33 bits per heavy atom. The highest BCUT2D eigenvalue weighted by Crippen LogP contribution is 2.56. The third kappa shape index (κ3) is 5.39. The lowest BCUT2D eigenvalue weighted by Crippen LogP contribution is -2.22. The molecule has 280 valence electrons. The summed E-state index contributed by atoms with van der Waals surface area (Å²) in [5, 5.41) is 0. The van der Waals surface area contributed by atoms with Gasteiger partial charge < -0.3 is 9.80 Å². The van der Waals surface area contributed by atoms with Crippen molar-refractivity contribution in [3.05, 3.63) is 228 Å². The van der Waals surface area contributed by atoms with E-state index in [2.05, 4.69) is 218 Å². The first-order chi connectivity index (χ1) is 28.5. The zero-order chi connectivity index (χ0) is 38.8. The maximum atomic E-state index is 2.55. The van der Waals surface area contributed by atoms with E-state index < -0.39 is 0 Å². The summed E-state index contributed by atoms with van der Waals surface area (Å²) in [5.41, 5.74) is 21.0. The SMILES string of the molecule is CC1(C)c2cc(N(c3ccccc3)c3ccc4c(c3)[C@]3(CCc5ccc(N(c6ccccc6)c6ccccc6)cc53)CC4)ccc2-c2c(-c3ccccc3)cccc21. The number of benzene rings is 8. The molecule has 0 saturated carbocycles. The average Bonchev–Trinajstić information content (AvgIpc) is 3.91. The van der Waals surface area contributed by atoms with E-state index >= 15 is 0 Å². The van der Waals surface area contributed by atoms with Crippen LogP contribution in [0.2, 0.25) is 0 Å². The van der Waals surface area contributed by atoms with Crippen molar-refractivity contribution in [2.24, 2.45) is 0 Å². The Hall–Kier alpha value is -6.64. The summed E-state index contributed by atoms with van der Waals surface area (Å²) in [4.78, 5) is 4.90. The first kappa shape index (κ1) is 34.6. The van der Waals surface area contributed by atoms with Crippen molar-refractivity contribution < 1.29 is 0 Å². The molecule has 2 nitrogen and oxygen atoms in total. The number of rotatable bonds is 7. The standard InChI is InChI=1S/C56H46N2/c1-55(2)50-25-15-24-48(39-16-7-3-8-17-39)54(50)49-31-30-47(38-53(49)55)58(44-22-13-6-14-23-44)46-29-27-41-33-35-56(52(41)37-46)34-32-40-26-28-45(36-51(40)56)57(42-18-9-4-10-19-42)43-20-11-5-12-21-43/h3-31,36-38H,32-35H2,1-2H3/t56-/m1/s1. The predicted molar refractivity (Wildman–Crippen MR) is 243 cm³/mol. The zero-order valence-electron chi connectivity index (χ0n) is 33.2. The van der Waals surface area contributed by atoms with Crippen LogP contribution in [0.25, 0.3) is 22.3 Å². The summed E-state index contributed by atoms with van der Waals surface area (Å²) >= 11 is 0. The maximum Gasteiger partial charge on any atom is 0.0465 e. The van der Waals surface area contributed by atoms with Gasteiger partial charge in [-0.05, 0) is 154 Å². The molecule has 1 atom stereocenters. The van der Waals surface area contributed by atoms with Crippen molar-refractivity contribution in [2.75, 3.05) is 9.80 Å². The fourth-order valence-electron chi connectivity index (χ4n) is 10.6. The zero-order valence-corrected chi connectivity index (χ0v) is 33.2. The molecule has 0 radical (unpaired) electrons. The third-order valence-electron chi connectivity index (χ3n) is 13.4. The van der Waals surface area contributed by atoms with Crippen LogP contribution in [0.3, 0.4) is 0 Å². The van der Waals surface area contributed by atoms with Gasteiger partial charge in [-0.1, -0.05) is 135 Å². The van der Waals surface area contributed by atoms with Gasteiger partial charge in [0.2, 0.25) is 0 Å². The fraction of sp³-hybridized carbons (Fsp3) is 0.143. The number of fused-ring (bicyclic) bond motifs is 7. The number of hydrogen-bond acceptors (Lipinski definition) is 2. The van der Waals surface area contributed by atoms with Gasteiger partial charge >= 0.3 is 0 Å². The molecule has 3 aliphatic carbocycles. The van der Waals surface area contributed by atoms with Crippen molar-refractivity contribution in [3.8, 4) is 22.3 Å². The lowest BCUT2D eigenvalue weighted by Gasteiger charge is -2.32. The molecule has 0 amide bonds. The number of anilines is 6.